The Balaban J connectivity index is 2.16. The van der Waals surface area contributed by atoms with Crippen molar-refractivity contribution in [3.8, 4) is 0 Å². The first-order chi connectivity index (χ1) is 11.9. The van der Waals surface area contributed by atoms with Crippen LogP contribution in [0.2, 0.25) is 0 Å². The highest BCUT2D eigenvalue weighted by Crippen LogP contribution is 2.65. The van der Waals surface area contributed by atoms with E-state index >= 15 is 0 Å². The van der Waals surface area contributed by atoms with Crippen LogP contribution in [0.15, 0.2) is 84.9 Å². The zero-order valence-electron chi connectivity index (χ0n) is 15.6. The van der Waals surface area contributed by atoms with E-state index in [2.05, 4.69) is 113 Å². The first kappa shape index (κ1) is 16.1. The summed E-state index contributed by atoms with van der Waals surface area (Å²) in [4.78, 5) is 0. The fourth-order valence-electron chi connectivity index (χ4n) is 5.74. The highest BCUT2D eigenvalue weighted by atomic mass is 14.7. The molecule has 0 radical (unpaired) electrons. The molecular weight excluding hydrogens is 300 g/mol. The summed E-state index contributed by atoms with van der Waals surface area (Å²) in [5.41, 5.74) is 5.57. The second-order valence-corrected chi connectivity index (χ2v) is 8.28. The lowest BCUT2D eigenvalue weighted by molar-refractivity contribution is 0.225. The summed E-state index contributed by atoms with van der Waals surface area (Å²) in [6.45, 7) is 9.67. The van der Waals surface area contributed by atoms with Crippen LogP contribution >= 0.6 is 0 Å². The number of hydrogen-bond acceptors (Lipinski definition) is 0. The molecule has 0 aliphatic heterocycles. The molecule has 4 rings (SSSR count). The second kappa shape index (κ2) is 5.33. The lowest BCUT2D eigenvalue weighted by atomic mass is 9.51. The first-order valence-corrected chi connectivity index (χ1v) is 9.15. The number of fused-ring (bicyclic) bond motifs is 1. The fraction of sp³-hybridized carbons (Fsp3) is 0.280. The van der Waals surface area contributed by atoms with E-state index in [9.17, 15) is 0 Å². The molecule has 0 heterocycles. The van der Waals surface area contributed by atoms with E-state index in [0.717, 1.165) is 0 Å². The molecule has 0 saturated heterocycles. The molecule has 3 aromatic carbocycles. The third kappa shape index (κ3) is 1.88. The molecule has 0 fully saturated rings. The van der Waals surface area contributed by atoms with Gasteiger partial charge >= 0.3 is 0 Å². The summed E-state index contributed by atoms with van der Waals surface area (Å²) in [7, 11) is 0. The van der Waals surface area contributed by atoms with E-state index in [4.69, 9.17) is 0 Å². The van der Waals surface area contributed by atoms with Gasteiger partial charge in [0.25, 0.3) is 0 Å². The quantitative estimate of drug-likeness (QED) is 0.523. The Kier molecular flexibility index (Phi) is 3.44. The van der Waals surface area contributed by atoms with Gasteiger partial charge in [-0.1, -0.05) is 113 Å². The molecule has 1 aliphatic carbocycles. The summed E-state index contributed by atoms with van der Waals surface area (Å²) in [6.07, 6.45) is 0. The molecule has 0 bridgehead atoms. The van der Waals surface area contributed by atoms with Gasteiger partial charge in [0, 0.05) is 16.2 Å². The van der Waals surface area contributed by atoms with Gasteiger partial charge in [0.05, 0.1) is 0 Å². The average molecular weight is 326 g/mol. The Morgan fingerprint density at radius 3 is 1.12 bits per heavy atom. The molecule has 1 aliphatic rings. The molecule has 126 valence electrons. The molecule has 0 amide bonds. The summed E-state index contributed by atoms with van der Waals surface area (Å²) in [6, 6.07) is 31.2. The maximum Gasteiger partial charge on any atom is 0.0385 e. The van der Waals surface area contributed by atoms with E-state index in [1.54, 1.807) is 0 Å². The molecule has 0 aromatic heterocycles. The van der Waals surface area contributed by atoms with Crippen molar-refractivity contribution in [2.75, 3.05) is 0 Å². The molecular formula is C25H26. The third-order valence-corrected chi connectivity index (χ3v) is 6.56. The topological polar surface area (TPSA) is 0 Å². The van der Waals surface area contributed by atoms with E-state index < -0.39 is 0 Å². The highest BCUT2D eigenvalue weighted by molar-refractivity contribution is 5.62. The highest BCUT2D eigenvalue weighted by Gasteiger charge is 2.63. The van der Waals surface area contributed by atoms with Crippen molar-refractivity contribution in [3.63, 3.8) is 0 Å². The van der Waals surface area contributed by atoms with Crippen LogP contribution in [0.4, 0.5) is 0 Å². The number of benzene rings is 3. The van der Waals surface area contributed by atoms with Crippen molar-refractivity contribution in [2.24, 2.45) is 0 Å². The Hall–Kier alpha value is -2.34. The van der Waals surface area contributed by atoms with E-state index in [-0.39, 0.29) is 16.2 Å². The van der Waals surface area contributed by atoms with E-state index in [1.807, 2.05) is 0 Å². The van der Waals surface area contributed by atoms with Crippen molar-refractivity contribution >= 4 is 0 Å². The van der Waals surface area contributed by atoms with E-state index in [0.29, 0.717) is 0 Å². The second-order valence-electron chi connectivity index (χ2n) is 8.28. The third-order valence-electron chi connectivity index (χ3n) is 6.56. The lowest BCUT2D eigenvalue weighted by Crippen LogP contribution is -2.52. The Labute approximate surface area is 151 Å². The SMILES string of the molecule is CC1(C)c2ccccc2C(C)(C)C1(c1ccccc1)c1ccccc1. The van der Waals surface area contributed by atoms with Gasteiger partial charge in [0.15, 0.2) is 0 Å². The predicted molar refractivity (Wildman–Crippen MR) is 106 cm³/mol. The maximum atomic E-state index is 2.42. The summed E-state index contributed by atoms with van der Waals surface area (Å²) >= 11 is 0. The van der Waals surface area contributed by atoms with Gasteiger partial charge in [-0.05, 0) is 22.3 Å². The predicted octanol–water partition coefficient (Wildman–Crippen LogP) is 6.24. The van der Waals surface area contributed by atoms with Crippen LogP contribution in [0.3, 0.4) is 0 Å². The molecule has 0 saturated carbocycles. The van der Waals surface area contributed by atoms with Crippen LogP contribution in [0, 0.1) is 0 Å². The normalized spacial score (nSPS) is 19.4. The van der Waals surface area contributed by atoms with Gasteiger partial charge < -0.3 is 0 Å². The maximum absolute atomic E-state index is 2.42. The van der Waals surface area contributed by atoms with Crippen LogP contribution in [-0.4, -0.2) is 0 Å². The summed E-state index contributed by atoms with van der Waals surface area (Å²) < 4.78 is 0. The molecule has 25 heavy (non-hydrogen) atoms. The van der Waals surface area contributed by atoms with Gasteiger partial charge in [-0.3, -0.25) is 0 Å². The standard InChI is InChI=1S/C25H26/c1-23(2)21-17-11-12-18-22(21)24(3,4)25(23,19-13-7-5-8-14-19)20-15-9-6-10-16-20/h5-18H,1-4H3. The minimum atomic E-state index is -0.119. The van der Waals surface area contributed by atoms with Crippen LogP contribution < -0.4 is 0 Å². The number of rotatable bonds is 2. The van der Waals surface area contributed by atoms with Crippen molar-refractivity contribution in [1.82, 2.24) is 0 Å². The van der Waals surface area contributed by atoms with Crippen LogP contribution in [0.5, 0.6) is 0 Å². The monoisotopic (exact) mass is 326 g/mol. The Morgan fingerprint density at radius 1 is 0.440 bits per heavy atom. The van der Waals surface area contributed by atoms with Crippen LogP contribution in [0.25, 0.3) is 0 Å². The molecule has 0 heteroatoms. The summed E-state index contributed by atoms with van der Waals surface area (Å²) in [5.74, 6) is 0. The largest absolute Gasteiger partial charge is 0.0622 e. The number of hydrogen-bond donors (Lipinski definition) is 0. The Bertz CT molecular complexity index is 809. The molecule has 0 nitrogen and oxygen atoms in total. The zero-order valence-corrected chi connectivity index (χ0v) is 15.6. The Morgan fingerprint density at radius 2 is 0.760 bits per heavy atom. The molecule has 0 spiro atoms. The van der Waals surface area contributed by atoms with Gasteiger partial charge in [-0.15, -0.1) is 0 Å². The van der Waals surface area contributed by atoms with Crippen LogP contribution in [-0.2, 0) is 16.2 Å². The summed E-state index contributed by atoms with van der Waals surface area (Å²) in [5, 5.41) is 0. The lowest BCUT2D eigenvalue weighted by Gasteiger charge is -2.51. The van der Waals surface area contributed by atoms with Gasteiger partial charge in [-0.25, -0.2) is 0 Å². The first-order valence-electron chi connectivity index (χ1n) is 9.15. The van der Waals surface area contributed by atoms with Crippen molar-refractivity contribution in [3.05, 3.63) is 107 Å². The van der Waals surface area contributed by atoms with Gasteiger partial charge in [0.1, 0.15) is 0 Å². The molecule has 0 N–H and O–H groups in total. The van der Waals surface area contributed by atoms with E-state index in [1.165, 1.54) is 22.3 Å². The van der Waals surface area contributed by atoms with Crippen LogP contribution in [0.1, 0.15) is 49.9 Å². The molecule has 0 atom stereocenters. The van der Waals surface area contributed by atoms with Gasteiger partial charge in [-0.2, -0.15) is 0 Å². The van der Waals surface area contributed by atoms with Crippen molar-refractivity contribution in [2.45, 2.75) is 43.9 Å². The molecule has 3 aromatic rings. The minimum Gasteiger partial charge on any atom is -0.0622 e. The molecule has 0 unspecified atom stereocenters. The fourth-order valence-corrected chi connectivity index (χ4v) is 5.74. The van der Waals surface area contributed by atoms with Gasteiger partial charge in [0.2, 0.25) is 0 Å². The van der Waals surface area contributed by atoms with Crippen molar-refractivity contribution < 1.29 is 0 Å². The zero-order chi connectivity index (χ0) is 17.7. The smallest absolute Gasteiger partial charge is 0.0385 e. The van der Waals surface area contributed by atoms with Crippen molar-refractivity contribution in [1.29, 1.82) is 0 Å². The minimum absolute atomic E-state index is 0.0181. The average Bonchev–Trinajstić information content (AvgIpc) is 2.77.